The number of hydrogen-bond acceptors (Lipinski definition) is 4. The van der Waals surface area contributed by atoms with E-state index in [0.717, 1.165) is 31.5 Å². The van der Waals surface area contributed by atoms with Crippen LogP contribution in [0.3, 0.4) is 0 Å². The Balaban J connectivity index is 0.000000707. The van der Waals surface area contributed by atoms with Gasteiger partial charge in [0, 0.05) is 11.0 Å². The van der Waals surface area contributed by atoms with E-state index in [2.05, 4.69) is 88.0 Å². The predicted molar refractivity (Wildman–Crippen MR) is 121 cm³/mol. The molecule has 0 radical (unpaired) electrons. The first-order valence-corrected chi connectivity index (χ1v) is 10.8. The maximum Gasteiger partial charge on any atom is 0.204 e. The molecule has 1 aliphatic rings. The summed E-state index contributed by atoms with van der Waals surface area (Å²) in [4.78, 5) is 2.42. The summed E-state index contributed by atoms with van der Waals surface area (Å²) in [5.41, 5.74) is 5.18. The van der Waals surface area contributed by atoms with Crippen LogP contribution in [0.1, 0.15) is 57.2 Å². The van der Waals surface area contributed by atoms with Crippen LogP contribution >= 0.6 is 0 Å². The number of aryl methyl sites for hydroxylation is 1. The van der Waals surface area contributed by atoms with E-state index in [1.807, 2.05) is 27.7 Å². The molecule has 0 unspecified atom stereocenters. The second-order valence-corrected chi connectivity index (χ2v) is 7.07. The Morgan fingerprint density at radius 2 is 1.55 bits per heavy atom. The highest BCUT2D eigenvalue weighted by Crippen LogP contribution is 2.42. The molecule has 1 aromatic heterocycles. The van der Waals surface area contributed by atoms with Crippen molar-refractivity contribution in [2.45, 2.75) is 52.9 Å². The molecule has 0 bridgehead atoms. The van der Waals surface area contributed by atoms with Crippen molar-refractivity contribution in [3.8, 4) is 11.4 Å². The average Bonchev–Trinajstić information content (AvgIpc) is 3.33. The zero-order chi connectivity index (χ0) is 21.3. The first-order chi connectivity index (χ1) is 14.2. The molecule has 0 saturated carbocycles. The fourth-order valence-corrected chi connectivity index (χ4v) is 3.91. The number of benzene rings is 2. The maximum atomic E-state index is 4.07. The van der Waals surface area contributed by atoms with Crippen LogP contribution in [0.5, 0.6) is 0 Å². The third-order valence-electron chi connectivity index (χ3n) is 5.45. The van der Waals surface area contributed by atoms with Gasteiger partial charge in [-0.05, 0) is 56.2 Å². The van der Waals surface area contributed by atoms with Gasteiger partial charge in [0.25, 0.3) is 0 Å². The lowest BCUT2D eigenvalue weighted by Crippen LogP contribution is -2.41. The van der Waals surface area contributed by atoms with E-state index in [0.29, 0.717) is 5.82 Å². The molecule has 4 rings (SSSR count). The van der Waals surface area contributed by atoms with Crippen LogP contribution in [-0.4, -0.2) is 45.7 Å². The van der Waals surface area contributed by atoms with Crippen LogP contribution in [0.2, 0.25) is 0 Å². The lowest BCUT2D eigenvalue weighted by Gasteiger charge is -2.42. The molecule has 156 valence electrons. The summed E-state index contributed by atoms with van der Waals surface area (Å²) in [6, 6.07) is 17.7. The second kappa shape index (κ2) is 10.9. The molecule has 1 saturated heterocycles. The molecule has 1 fully saturated rings. The minimum atomic E-state index is 0.0777. The fourth-order valence-electron chi connectivity index (χ4n) is 3.91. The normalized spacial score (nSPS) is 15.5. The molecule has 0 atom stereocenters. The van der Waals surface area contributed by atoms with Gasteiger partial charge in [-0.25, -0.2) is 0 Å². The van der Waals surface area contributed by atoms with Gasteiger partial charge in [0.15, 0.2) is 0 Å². The topological polar surface area (TPSA) is 57.7 Å². The standard InChI is InChI=1S/C20H23N5.2C2H6/c1-15-4-3-5-18(14-15)20(10-12-25(2)13-11-20)17-8-6-16(7-9-17)19-21-23-24-22-19;2*1-2/h3-9,14H,10-13H2,1-2H3,(H,21,22,23,24);2*1-2H3. The van der Waals surface area contributed by atoms with Crippen molar-refractivity contribution < 1.29 is 0 Å². The van der Waals surface area contributed by atoms with E-state index in [1.54, 1.807) is 0 Å². The van der Waals surface area contributed by atoms with Crippen LogP contribution in [0, 0.1) is 6.92 Å². The number of rotatable bonds is 3. The molecular formula is C24H35N5. The van der Waals surface area contributed by atoms with Crippen molar-refractivity contribution in [1.29, 1.82) is 0 Å². The molecule has 0 amide bonds. The Kier molecular flexibility index (Phi) is 8.52. The predicted octanol–water partition coefficient (Wildman–Crippen LogP) is 5.24. The third kappa shape index (κ3) is 5.10. The molecule has 29 heavy (non-hydrogen) atoms. The van der Waals surface area contributed by atoms with Crippen LogP contribution in [-0.2, 0) is 5.41 Å². The monoisotopic (exact) mass is 393 g/mol. The quantitative estimate of drug-likeness (QED) is 0.661. The zero-order valence-electron chi connectivity index (χ0n) is 18.7. The van der Waals surface area contributed by atoms with E-state index in [-0.39, 0.29) is 5.41 Å². The Morgan fingerprint density at radius 3 is 2.10 bits per heavy atom. The molecule has 5 heteroatoms. The Labute approximate surface area is 175 Å². The molecule has 0 spiro atoms. The van der Waals surface area contributed by atoms with Crippen LogP contribution < -0.4 is 0 Å². The van der Waals surface area contributed by atoms with Crippen LogP contribution in [0.4, 0.5) is 0 Å². The van der Waals surface area contributed by atoms with Crippen molar-refractivity contribution >= 4 is 0 Å². The summed E-state index contributed by atoms with van der Waals surface area (Å²) in [6.45, 7) is 12.4. The van der Waals surface area contributed by atoms with E-state index >= 15 is 0 Å². The van der Waals surface area contributed by atoms with Crippen LogP contribution in [0.25, 0.3) is 11.4 Å². The van der Waals surface area contributed by atoms with E-state index in [1.165, 1.54) is 16.7 Å². The fraction of sp³-hybridized carbons (Fsp3) is 0.458. The van der Waals surface area contributed by atoms with Crippen molar-refractivity contribution in [2.75, 3.05) is 20.1 Å². The lowest BCUT2D eigenvalue weighted by atomic mass is 9.68. The summed E-state index contributed by atoms with van der Waals surface area (Å²) < 4.78 is 0. The van der Waals surface area contributed by atoms with E-state index in [9.17, 15) is 0 Å². The van der Waals surface area contributed by atoms with Gasteiger partial charge in [0.2, 0.25) is 5.82 Å². The van der Waals surface area contributed by atoms with Crippen molar-refractivity contribution in [2.24, 2.45) is 0 Å². The van der Waals surface area contributed by atoms with Gasteiger partial charge in [-0.15, -0.1) is 10.2 Å². The summed E-state index contributed by atoms with van der Waals surface area (Å²) in [6.07, 6.45) is 2.27. The molecule has 3 aromatic rings. The molecular weight excluding hydrogens is 358 g/mol. The Morgan fingerprint density at radius 1 is 0.897 bits per heavy atom. The number of aromatic amines is 1. The minimum absolute atomic E-state index is 0.0777. The first-order valence-electron chi connectivity index (χ1n) is 10.8. The number of H-pyrrole nitrogens is 1. The molecule has 1 aliphatic heterocycles. The summed E-state index contributed by atoms with van der Waals surface area (Å²) in [5, 5.41) is 14.3. The van der Waals surface area contributed by atoms with Gasteiger partial charge in [-0.2, -0.15) is 5.21 Å². The summed E-state index contributed by atoms with van der Waals surface area (Å²) in [5.74, 6) is 0.638. The van der Waals surface area contributed by atoms with E-state index < -0.39 is 0 Å². The number of aromatic nitrogens is 4. The van der Waals surface area contributed by atoms with Gasteiger partial charge >= 0.3 is 0 Å². The van der Waals surface area contributed by atoms with Gasteiger partial charge in [0.05, 0.1) is 0 Å². The first kappa shape index (κ1) is 22.8. The van der Waals surface area contributed by atoms with Gasteiger partial charge in [0.1, 0.15) is 0 Å². The largest absolute Gasteiger partial charge is 0.306 e. The number of nitrogens with zero attached hydrogens (tertiary/aromatic N) is 4. The summed E-state index contributed by atoms with van der Waals surface area (Å²) >= 11 is 0. The zero-order valence-corrected chi connectivity index (χ0v) is 18.7. The maximum absolute atomic E-state index is 4.07. The van der Waals surface area contributed by atoms with Gasteiger partial charge < -0.3 is 4.90 Å². The highest BCUT2D eigenvalue weighted by molar-refractivity contribution is 5.56. The molecule has 5 nitrogen and oxygen atoms in total. The van der Waals surface area contributed by atoms with Crippen molar-refractivity contribution in [3.05, 3.63) is 65.2 Å². The van der Waals surface area contributed by atoms with Crippen molar-refractivity contribution in [1.82, 2.24) is 25.5 Å². The summed E-state index contributed by atoms with van der Waals surface area (Å²) in [7, 11) is 2.21. The van der Waals surface area contributed by atoms with E-state index in [4.69, 9.17) is 0 Å². The number of hydrogen-bond donors (Lipinski definition) is 1. The smallest absolute Gasteiger partial charge is 0.204 e. The number of likely N-dealkylation sites (tertiary alicyclic amines) is 1. The molecule has 2 heterocycles. The van der Waals surface area contributed by atoms with Gasteiger partial charge in [-0.1, -0.05) is 81.8 Å². The molecule has 1 N–H and O–H groups in total. The molecule has 0 aliphatic carbocycles. The van der Waals surface area contributed by atoms with Crippen LogP contribution in [0.15, 0.2) is 48.5 Å². The Bertz CT molecular complexity index is 832. The number of nitrogens with one attached hydrogen (secondary N) is 1. The number of tetrazole rings is 1. The Hall–Kier alpha value is -2.53. The highest BCUT2D eigenvalue weighted by Gasteiger charge is 2.37. The lowest BCUT2D eigenvalue weighted by molar-refractivity contribution is 0.213. The van der Waals surface area contributed by atoms with Crippen molar-refractivity contribution in [3.63, 3.8) is 0 Å². The average molecular weight is 394 g/mol. The molecule has 2 aromatic carbocycles. The second-order valence-electron chi connectivity index (χ2n) is 7.07. The SMILES string of the molecule is CC.CC.Cc1cccc(C2(c3ccc(-c4nn[nH]n4)cc3)CCN(C)CC2)c1. The van der Waals surface area contributed by atoms with Gasteiger partial charge in [-0.3, -0.25) is 0 Å². The number of piperidine rings is 1. The highest BCUT2D eigenvalue weighted by atomic mass is 15.5. The minimum Gasteiger partial charge on any atom is -0.306 e. The third-order valence-corrected chi connectivity index (χ3v) is 5.45.